The molecule has 0 bridgehead atoms. The Morgan fingerprint density at radius 2 is 2.18 bits per heavy atom. The van der Waals surface area contributed by atoms with E-state index < -0.39 is 0 Å². The summed E-state index contributed by atoms with van der Waals surface area (Å²) in [6, 6.07) is 4.48. The highest BCUT2D eigenvalue weighted by atomic mass is 79.9. The average molecular weight is 321 g/mol. The molecule has 1 amide bonds. The third-order valence-corrected chi connectivity index (χ3v) is 2.94. The highest BCUT2D eigenvalue weighted by Crippen LogP contribution is 2.23. The Labute approximate surface area is 114 Å². The second kappa shape index (κ2) is 6.26. The zero-order valence-electron chi connectivity index (χ0n) is 9.71. The van der Waals surface area contributed by atoms with Crippen molar-refractivity contribution in [1.29, 1.82) is 0 Å². The molecule has 1 rings (SSSR count). The zero-order chi connectivity index (χ0) is 13.0. The Hall–Kier alpha value is -0.740. The summed E-state index contributed by atoms with van der Waals surface area (Å²) in [6.07, 6.45) is 0.845. The molecular weight excluding hydrogens is 305 g/mol. The Morgan fingerprint density at radius 1 is 1.53 bits per heavy atom. The number of phenolic OH excluding ortho intramolecular Hbond substituents is 1. The number of nitrogens with one attached hydrogen (secondary N) is 1. The van der Waals surface area contributed by atoms with Gasteiger partial charge in [0.05, 0.1) is 5.02 Å². The maximum Gasteiger partial charge on any atom is 0.251 e. The smallest absolute Gasteiger partial charge is 0.251 e. The van der Waals surface area contributed by atoms with Gasteiger partial charge >= 0.3 is 0 Å². The van der Waals surface area contributed by atoms with Crippen LogP contribution in [0.1, 0.15) is 30.6 Å². The fourth-order valence-electron chi connectivity index (χ4n) is 1.50. The molecule has 2 atom stereocenters. The van der Waals surface area contributed by atoms with Crippen LogP contribution in [0.5, 0.6) is 5.75 Å². The van der Waals surface area contributed by atoms with Gasteiger partial charge in [0.25, 0.3) is 5.91 Å². The van der Waals surface area contributed by atoms with Crippen molar-refractivity contribution in [2.75, 3.05) is 0 Å². The molecule has 0 heterocycles. The summed E-state index contributed by atoms with van der Waals surface area (Å²) >= 11 is 9.18. The molecule has 94 valence electrons. The third-order valence-electron chi connectivity index (χ3n) is 2.27. The first-order valence-corrected chi connectivity index (χ1v) is 6.63. The summed E-state index contributed by atoms with van der Waals surface area (Å²) < 4.78 is 0. The number of carbonyl (C=O) groups is 1. The maximum absolute atomic E-state index is 11.8. The summed E-state index contributed by atoms with van der Waals surface area (Å²) in [5.41, 5.74) is 0.446. The van der Waals surface area contributed by atoms with Crippen molar-refractivity contribution in [3.63, 3.8) is 0 Å². The number of hydrogen-bond donors (Lipinski definition) is 2. The van der Waals surface area contributed by atoms with Gasteiger partial charge in [0.15, 0.2) is 0 Å². The van der Waals surface area contributed by atoms with Gasteiger partial charge in [0.1, 0.15) is 5.75 Å². The monoisotopic (exact) mass is 319 g/mol. The highest BCUT2D eigenvalue weighted by Gasteiger charge is 2.12. The predicted molar refractivity (Wildman–Crippen MR) is 73.1 cm³/mol. The van der Waals surface area contributed by atoms with Gasteiger partial charge in [-0.2, -0.15) is 0 Å². The largest absolute Gasteiger partial charge is 0.506 e. The van der Waals surface area contributed by atoms with Gasteiger partial charge in [0, 0.05) is 16.4 Å². The molecule has 0 fully saturated rings. The number of halogens is 2. The summed E-state index contributed by atoms with van der Waals surface area (Å²) in [6.45, 7) is 3.97. The van der Waals surface area contributed by atoms with E-state index in [-0.39, 0.29) is 22.7 Å². The summed E-state index contributed by atoms with van der Waals surface area (Å²) in [7, 11) is 0. The fourth-order valence-corrected chi connectivity index (χ4v) is 2.24. The van der Waals surface area contributed by atoms with Crippen LogP contribution >= 0.6 is 27.5 Å². The van der Waals surface area contributed by atoms with Crippen molar-refractivity contribution in [1.82, 2.24) is 5.32 Å². The lowest BCUT2D eigenvalue weighted by atomic mass is 10.1. The molecule has 0 aliphatic carbocycles. The minimum atomic E-state index is -0.187. The van der Waals surface area contributed by atoms with Crippen LogP contribution in [0, 0.1) is 0 Å². The molecule has 0 saturated heterocycles. The van der Waals surface area contributed by atoms with E-state index in [1.54, 1.807) is 6.07 Å². The Balaban J connectivity index is 2.66. The first-order valence-electron chi connectivity index (χ1n) is 5.33. The lowest BCUT2D eigenvalue weighted by Gasteiger charge is -2.15. The number of alkyl halides is 1. The van der Waals surface area contributed by atoms with Crippen molar-refractivity contribution in [2.45, 2.75) is 31.1 Å². The molecule has 0 radical (unpaired) electrons. The fraction of sp³-hybridized carbons (Fsp3) is 0.417. The van der Waals surface area contributed by atoms with Gasteiger partial charge < -0.3 is 10.4 Å². The van der Waals surface area contributed by atoms with E-state index in [1.165, 1.54) is 12.1 Å². The van der Waals surface area contributed by atoms with Gasteiger partial charge in [0.2, 0.25) is 0 Å². The predicted octanol–water partition coefficient (Wildman–Crippen LogP) is 3.34. The van der Waals surface area contributed by atoms with Crippen molar-refractivity contribution < 1.29 is 9.90 Å². The lowest BCUT2D eigenvalue weighted by Crippen LogP contribution is -2.33. The normalized spacial score (nSPS) is 14.1. The van der Waals surface area contributed by atoms with Crippen LogP contribution in [-0.4, -0.2) is 21.9 Å². The molecule has 17 heavy (non-hydrogen) atoms. The molecule has 5 heteroatoms. The Kier molecular flexibility index (Phi) is 5.28. The molecule has 0 aromatic heterocycles. The number of aromatic hydroxyl groups is 1. The van der Waals surface area contributed by atoms with Crippen LogP contribution in [0.2, 0.25) is 5.02 Å². The van der Waals surface area contributed by atoms with Crippen LogP contribution in [0.25, 0.3) is 0 Å². The first kappa shape index (κ1) is 14.3. The molecule has 1 aromatic rings. The molecule has 0 aliphatic heterocycles. The van der Waals surface area contributed by atoms with Crippen LogP contribution in [-0.2, 0) is 0 Å². The van der Waals surface area contributed by atoms with Crippen molar-refractivity contribution in [3.8, 4) is 5.75 Å². The van der Waals surface area contributed by atoms with E-state index in [0.29, 0.717) is 10.4 Å². The van der Waals surface area contributed by atoms with Crippen molar-refractivity contribution in [2.24, 2.45) is 0 Å². The summed E-state index contributed by atoms with van der Waals surface area (Å²) in [4.78, 5) is 12.2. The highest BCUT2D eigenvalue weighted by molar-refractivity contribution is 9.09. The van der Waals surface area contributed by atoms with Crippen LogP contribution in [0.15, 0.2) is 18.2 Å². The average Bonchev–Trinajstić information content (AvgIpc) is 2.20. The van der Waals surface area contributed by atoms with Gasteiger partial charge in [-0.3, -0.25) is 4.79 Å². The van der Waals surface area contributed by atoms with Gasteiger partial charge in [-0.1, -0.05) is 34.5 Å². The molecule has 3 nitrogen and oxygen atoms in total. The molecule has 2 N–H and O–H groups in total. The number of benzene rings is 1. The molecule has 0 spiro atoms. The summed E-state index contributed by atoms with van der Waals surface area (Å²) in [5.74, 6) is -0.210. The zero-order valence-corrected chi connectivity index (χ0v) is 12.0. The molecule has 2 unspecified atom stereocenters. The molecule has 0 saturated carbocycles. The van der Waals surface area contributed by atoms with Gasteiger partial charge in [-0.25, -0.2) is 0 Å². The quantitative estimate of drug-likeness (QED) is 0.836. The number of carbonyl (C=O) groups excluding carboxylic acids is 1. The minimum Gasteiger partial charge on any atom is -0.506 e. The van der Waals surface area contributed by atoms with Crippen LogP contribution in [0.4, 0.5) is 0 Å². The standard InChI is InChI=1S/C12H15BrClNO2/c1-7(13)5-8(2)15-12(17)9-3-4-11(16)10(14)6-9/h3-4,6-8,16H,5H2,1-2H3,(H,15,17). The second-order valence-electron chi connectivity index (χ2n) is 4.06. The van der Waals surface area contributed by atoms with E-state index in [1.807, 2.05) is 13.8 Å². The van der Waals surface area contributed by atoms with E-state index in [0.717, 1.165) is 6.42 Å². The maximum atomic E-state index is 11.8. The SMILES string of the molecule is CC(Br)CC(C)NC(=O)c1ccc(O)c(Cl)c1. The summed E-state index contributed by atoms with van der Waals surface area (Å²) in [5, 5.41) is 12.3. The Bertz CT molecular complexity index is 409. The third kappa shape index (κ3) is 4.56. The van der Waals surface area contributed by atoms with E-state index in [4.69, 9.17) is 11.6 Å². The number of hydrogen-bond acceptors (Lipinski definition) is 2. The minimum absolute atomic E-state index is 0.0228. The van der Waals surface area contributed by atoms with E-state index in [9.17, 15) is 9.90 Å². The number of rotatable bonds is 4. The lowest BCUT2D eigenvalue weighted by molar-refractivity contribution is 0.0938. The van der Waals surface area contributed by atoms with E-state index >= 15 is 0 Å². The number of amides is 1. The first-order chi connectivity index (χ1) is 7.90. The topological polar surface area (TPSA) is 49.3 Å². The van der Waals surface area contributed by atoms with Gasteiger partial charge in [-0.15, -0.1) is 0 Å². The number of phenols is 1. The van der Waals surface area contributed by atoms with Crippen molar-refractivity contribution >= 4 is 33.4 Å². The van der Waals surface area contributed by atoms with E-state index in [2.05, 4.69) is 21.2 Å². The van der Waals surface area contributed by atoms with Crippen LogP contribution < -0.4 is 5.32 Å². The van der Waals surface area contributed by atoms with Gasteiger partial charge in [-0.05, 0) is 31.5 Å². The van der Waals surface area contributed by atoms with Crippen molar-refractivity contribution in [3.05, 3.63) is 28.8 Å². The Morgan fingerprint density at radius 3 is 2.71 bits per heavy atom. The second-order valence-corrected chi connectivity index (χ2v) is 6.03. The molecular formula is C12H15BrClNO2. The molecule has 1 aromatic carbocycles. The van der Waals surface area contributed by atoms with Crippen LogP contribution in [0.3, 0.4) is 0 Å². The molecule has 0 aliphatic rings.